The zero-order valence-corrected chi connectivity index (χ0v) is 5.85. The second-order valence-electron chi connectivity index (χ2n) is 1.56. The molecule has 0 bridgehead atoms. The first-order valence-electron chi connectivity index (χ1n) is 2.59. The van der Waals surface area contributed by atoms with Crippen molar-refractivity contribution in [3.8, 4) is 0 Å². The van der Waals surface area contributed by atoms with E-state index in [0.717, 1.165) is 0 Å². The molecule has 0 fully saturated rings. The SMILES string of the molecule is CNC(O)c1nccs1. The summed E-state index contributed by atoms with van der Waals surface area (Å²) in [5.41, 5.74) is 0. The van der Waals surface area contributed by atoms with Gasteiger partial charge in [0, 0.05) is 11.6 Å². The fourth-order valence-electron chi connectivity index (χ4n) is 0.493. The largest absolute Gasteiger partial charge is 0.372 e. The molecular formula is C5H8N2OS. The summed E-state index contributed by atoms with van der Waals surface area (Å²) >= 11 is 1.43. The van der Waals surface area contributed by atoms with Crippen molar-refractivity contribution in [2.24, 2.45) is 0 Å². The van der Waals surface area contributed by atoms with Crippen LogP contribution in [0.2, 0.25) is 0 Å². The maximum absolute atomic E-state index is 9.05. The lowest BCUT2D eigenvalue weighted by molar-refractivity contribution is 0.149. The molecule has 1 atom stereocenters. The summed E-state index contributed by atoms with van der Waals surface area (Å²) in [5, 5.41) is 14.3. The van der Waals surface area contributed by atoms with Crippen LogP contribution in [0.5, 0.6) is 0 Å². The monoisotopic (exact) mass is 144 g/mol. The number of aliphatic hydroxyl groups is 1. The molecule has 1 aromatic heterocycles. The second-order valence-corrected chi connectivity index (χ2v) is 2.49. The van der Waals surface area contributed by atoms with Gasteiger partial charge in [-0.25, -0.2) is 4.98 Å². The third kappa shape index (κ3) is 1.48. The second kappa shape index (κ2) is 2.91. The van der Waals surface area contributed by atoms with E-state index in [2.05, 4.69) is 10.3 Å². The number of nitrogens with zero attached hydrogens (tertiary/aromatic N) is 1. The van der Waals surface area contributed by atoms with E-state index < -0.39 is 6.23 Å². The van der Waals surface area contributed by atoms with Crippen molar-refractivity contribution >= 4 is 11.3 Å². The molecular weight excluding hydrogens is 136 g/mol. The van der Waals surface area contributed by atoms with E-state index in [1.54, 1.807) is 13.2 Å². The average molecular weight is 144 g/mol. The number of thiazole rings is 1. The Hall–Kier alpha value is -0.450. The van der Waals surface area contributed by atoms with Crippen LogP contribution in [0.3, 0.4) is 0 Å². The van der Waals surface area contributed by atoms with E-state index in [0.29, 0.717) is 5.01 Å². The number of rotatable bonds is 2. The zero-order valence-electron chi connectivity index (χ0n) is 5.03. The molecule has 1 rings (SSSR count). The average Bonchev–Trinajstić information content (AvgIpc) is 2.37. The van der Waals surface area contributed by atoms with Crippen molar-refractivity contribution in [2.75, 3.05) is 7.05 Å². The molecule has 0 radical (unpaired) electrons. The molecule has 50 valence electrons. The molecule has 0 spiro atoms. The van der Waals surface area contributed by atoms with Crippen molar-refractivity contribution in [2.45, 2.75) is 6.23 Å². The van der Waals surface area contributed by atoms with Gasteiger partial charge >= 0.3 is 0 Å². The normalized spacial score (nSPS) is 13.6. The van der Waals surface area contributed by atoms with Gasteiger partial charge in [-0.3, -0.25) is 5.32 Å². The van der Waals surface area contributed by atoms with E-state index in [-0.39, 0.29) is 0 Å². The summed E-state index contributed by atoms with van der Waals surface area (Å²) in [6.07, 6.45) is 1.06. The van der Waals surface area contributed by atoms with Gasteiger partial charge < -0.3 is 5.11 Å². The molecule has 0 aromatic carbocycles. The Balaban J connectivity index is 2.65. The predicted octanol–water partition coefficient (Wildman–Crippen LogP) is 0.353. The summed E-state index contributed by atoms with van der Waals surface area (Å²) in [6.45, 7) is 0. The Bertz CT molecular complexity index is 163. The lowest BCUT2D eigenvalue weighted by atomic mass is 10.6. The summed E-state index contributed by atoms with van der Waals surface area (Å²) in [4.78, 5) is 3.89. The van der Waals surface area contributed by atoms with Crippen LogP contribution in [0.4, 0.5) is 0 Å². The molecule has 0 saturated heterocycles. The van der Waals surface area contributed by atoms with Gasteiger partial charge in [0.05, 0.1) is 0 Å². The molecule has 0 aliphatic rings. The quantitative estimate of drug-likeness (QED) is 0.589. The summed E-state index contributed by atoms with van der Waals surface area (Å²) in [7, 11) is 1.69. The fraction of sp³-hybridized carbons (Fsp3) is 0.400. The first kappa shape index (κ1) is 6.67. The first-order chi connectivity index (χ1) is 4.34. The van der Waals surface area contributed by atoms with Crippen molar-refractivity contribution in [1.29, 1.82) is 0 Å². The minimum absolute atomic E-state index is 0.606. The lowest BCUT2D eigenvalue weighted by Gasteiger charge is -2.02. The molecule has 1 heterocycles. The van der Waals surface area contributed by atoms with Gasteiger partial charge in [0.2, 0.25) is 0 Å². The Kier molecular flexibility index (Phi) is 2.16. The van der Waals surface area contributed by atoms with Gasteiger partial charge in [0.25, 0.3) is 0 Å². The third-order valence-corrected chi connectivity index (χ3v) is 1.79. The van der Waals surface area contributed by atoms with Crippen molar-refractivity contribution in [3.63, 3.8) is 0 Å². The molecule has 3 nitrogen and oxygen atoms in total. The van der Waals surface area contributed by atoms with Crippen LogP contribution in [0, 0.1) is 0 Å². The molecule has 0 saturated carbocycles. The van der Waals surface area contributed by atoms with Crippen molar-refractivity contribution in [1.82, 2.24) is 10.3 Å². The number of hydrogen-bond donors (Lipinski definition) is 2. The fourth-order valence-corrected chi connectivity index (χ4v) is 1.12. The Labute approximate surface area is 57.4 Å². The summed E-state index contributed by atoms with van der Waals surface area (Å²) in [6, 6.07) is 0. The molecule has 9 heavy (non-hydrogen) atoms. The van der Waals surface area contributed by atoms with Crippen molar-refractivity contribution in [3.05, 3.63) is 16.6 Å². The van der Waals surface area contributed by atoms with E-state index in [1.165, 1.54) is 11.3 Å². The van der Waals surface area contributed by atoms with Crippen LogP contribution < -0.4 is 5.32 Å². The molecule has 2 N–H and O–H groups in total. The standard InChI is InChI=1S/C5H8N2OS/c1-6-4(8)5-7-2-3-9-5/h2-4,6,8H,1H3. The Morgan fingerprint density at radius 2 is 2.67 bits per heavy atom. The highest BCUT2D eigenvalue weighted by atomic mass is 32.1. The highest BCUT2D eigenvalue weighted by Crippen LogP contribution is 2.10. The van der Waals surface area contributed by atoms with Crippen LogP contribution in [0.15, 0.2) is 11.6 Å². The smallest absolute Gasteiger partial charge is 0.157 e. The van der Waals surface area contributed by atoms with Crippen LogP contribution in [0.1, 0.15) is 11.2 Å². The molecule has 1 aromatic rings. The van der Waals surface area contributed by atoms with Gasteiger partial charge in [-0.15, -0.1) is 11.3 Å². The van der Waals surface area contributed by atoms with Crippen molar-refractivity contribution < 1.29 is 5.11 Å². The molecule has 0 aliphatic heterocycles. The minimum Gasteiger partial charge on any atom is -0.372 e. The maximum atomic E-state index is 9.05. The summed E-state index contributed by atoms with van der Waals surface area (Å²) < 4.78 is 0. The summed E-state index contributed by atoms with van der Waals surface area (Å²) in [5.74, 6) is 0. The molecule has 0 amide bonds. The van der Waals surface area contributed by atoms with Gasteiger partial charge in [-0.05, 0) is 7.05 Å². The van der Waals surface area contributed by atoms with Crippen LogP contribution >= 0.6 is 11.3 Å². The number of nitrogens with one attached hydrogen (secondary N) is 1. The topological polar surface area (TPSA) is 45.1 Å². The lowest BCUT2D eigenvalue weighted by Crippen LogP contribution is -2.14. The highest BCUT2D eigenvalue weighted by Gasteiger charge is 2.04. The van der Waals surface area contributed by atoms with Crippen LogP contribution in [-0.4, -0.2) is 17.1 Å². The molecule has 0 aliphatic carbocycles. The van der Waals surface area contributed by atoms with E-state index in [9.17, 15) is 0 Å². The molecule has 4 heteroatoms. The van der Waals surface area contributed by atoms with Gasteiger partial charge in [0.1, 0.15) is 5.01 Å². The maximum Gasteiger partial charge on any atom is 0.157 e. The highest BCUT2D eigenvalue weighted by molar-refractivity contribution is 7.09. The number of hydrogen-bond acceptors (Lipinski definition) is 4. The van der Waals surface area contributed by atoms with E-state index in [1.807, 2.05) is 5.38 Å². The zero-order chi connectivity index (χ0) is 6.69. The number of aliphatic hydroxyl groups excluding tert-OH is 1. The Morgan fingerprint density at radius 3 is 3.11 bits per heavy atom. The third-order valence-electron chi connectivity index (χ3n) is 0.959. The van der Waals surface area contributed by atoms with E-state index >= 15 is 0 Å². The minimum atomic E-state index is -0.606. The van der Waals surface area contributed by atoms with Crippen LogP contribution in [0.25, 0.3) is 0 Å². The van der Waals surface area contributed by atoms with E-state index in [4.69, 9.17) is 5.11 Å². The van der Waals surface area contributed by atoms with Gasteiger partial charge in [-0.1, -0.05) is 0 Å². The van der Waals surface area contributed by atoms with Gasteiger partial charge in [-0.2, -0.15) is 0 Å². The number of aromatic nitrogens is 1. The van der Waals surface area contributed by atoms with Gasteiger partial charge in [0.15, 0.2) is 6.23 Å². The molecule has 1 unspecified atom stereocenters. The Morgan fingerprint density at radius 1 is 1.89 bits per heavy atom. The first-order valence-corrected chi connectivity index (χ1v) is 3.47. The predicted molar refractivity (Wildman–Crippen MR) is 36.1 cm³/mol. The van der Waals surface area contributed by atoms with Crippen LogP contribution in [-0.2, 0) is 0 Å².